The van der Waals surface area contributed by atoms with Crippen LogP contribution in [0.25, 0.3) is 12.2 Å². The van der Waals surface area contributed by atoms with Crippen LogP contribution in [0.4, 0.5) is 0 Å². The van der Waals surface area contributed by atoms with E-state index < -0.39 is 0 Å². The standard InChI is InChI=1S/C18H14O/c19-14-7-10-16-13(11-14)6-9-17-15-4-2-1-3-12(15)5-8-18(16)17/h1-7,9,11,19H,8,10H2. The fourth-order valence-corrected chi connectivity index (χ4v) is 3.13. The summed E-state index contributed by atoms with van der Waals surface area (Å²) in [6.07, 6.45) is 7.87. The topological polar surface area (TPSA) is 20.2 Å². The van der Waals surface area contributed by atoms with Gasteiger partial charge >= 0.3 is 0 Å². The molecule has 1 N–H and O–H groups in total. The van der Waals surface area contributed by atoms with Gasteiger partial charge in [-0.15, -0.1) is 0 Å². The van der Waals surface area contributed by atoms with Crippen LogP contribution >= 0.6 is 0 Å². The van der Waals surface area contributed by atoms with Crippen LogP contribution in [-0.2, 0) is 12.8 Å². The molecule has 2 aliphatic rings. The summed E-state index contributed by atoms with van der Waals surface area (Å²) in [7, 11) is 0. The molecule has 2 aromatic carbocycles. The van der Waals surface area contributed by atoms with Gasteiger partial charge in [0.05, 0.1) is 0 Å². The molecule has 19 heavy (non-hydrogen) atoms. The zero-order valence-corrected chi connectivity index (χ0v) is 10.6. The van der Waals surface area contributed by atoms with Crippen LogP contribution in [0.3, 0.4) is 0 Å². The minimum Gasteiger partial charge on any atom is -0.508 e. The average molecular weight is 246 g/mol. The molecule has 0 radical (unpaired) electrons. The van der Waals surface area contributed by atoms with Crippen LogP contribution < -0.4 is 10.4 Å². The Hall–Kier alpha value is -2.28. The molecule has 0 saturated carbocycles. The van der Waals surface area contributed by atoms with E-state index in [0.717, 1.165) is 18.1 Å². The lowest BCUT2D eigenvalue weighted by Gasteiger charge is -2.14. The molecule has 1 heteroatoms. The second-order valence-corrected chi connectivity index (χ2v) is 5.13. The van der Waals surface area contributed by atoms with Gasteiger partial charge in [-0.25, -0.2) is 0 Å². The summed E-state index contributed by atoms with van der Waals surface area (Å²) in [5, 5.41) is 14.8. The first-order valence-corrected chi connectivity index (χ1v) is 6.64. The van der Waals surface area contributed by atoms with Gasteiger partial charge in [-0.2, -0.15) is 0 Å². The van der Waals surface area contributed by atoms with Gasteiger partial charge in [0.2, 0.25) is 0 Å². The minimum absolute atomic E-state index is 0.382. The van der Waals surface area contributed by atoms with Gasteiger partial charge in [-0.1, -0.05) is 42.5 Å². The number of fused-ring (bicyclic) bond motifs is 4. The maximum atomic E-state index is 9.62. The lowest BCUT2D eigenvalue weighted by molar-refractivity contribution is 0.438. The minimum atomic E-state index is 0.382. The van der Waals surface area contributed by atoms with Gasteiger partial charge in [0.15, 0.2) is 0 Å². The maximum Gasteiger partial charge on any atom is 0.112 e. The molecule has 0 bridgehead atoms. The Morgan fingerprint density at radius 2 is 1.58 bits per heavy atom. The van der Waals surface area contributed by atoms with Gasteiger partial charge in [-0.05, 0) is 57.0 Å². The summed E-state index contributed by atoms with van der Waals surface area (Å²) in [6.45, 7) is 0. The number of aliphatic hydroxyl groups excluding tert-OH is 1. The molecular formula is C18H14O. The van der Waals surface area contributed by atoms with Crippen molar-refractivity contribution in [1.82, 2.24) is 0 Å². The van der Waals surface area contributed by atoms with Crippen LogP contribution in [-0.4, -0.2) is 5.11 Å². The van der Waals surface area contributed by atoms with Crippen molar-refractivity contribution in [2.45, 2.75) is 12.8 Å². The van der Waals surface area contributed by atoms with Crippen molar-refractivity contribution in [3.05, 3.63) is 80.2 Å². The quantitative estimate of drug-likeness (QED) is 0.754. The molecule has 0 amide bonds. The van der Waals surface area contributed by atoms with E-state index >= 15 is 0 Å². The Kier molecular flexibility index (Phi) is 2.16. The van der Waals surface area contributed by atoms with Crippen molar-refractivity contribution in [2.75, 3.05) is 0 Å². The smallest absolute Gasteiger partial charge is 0.112 e. The number of rotatable bonds is 0. The van der Waals surface area contributed by atoms with Gasteiger partial charge in [0, 0.05) is 0 Å². The Morgan fingerprint density at radius 1 is 0.737 bits per heavy atom. The molecule has 0 aromatic heterocycles. The number of hydrogen-bond acceptors (Lipinski definition) is 1. The third-order valence-corrected chi connectivity index (χ3v) is 4.06. The van der Waals surface area contributed by atoms with Gasteiger partial charge in [-0.3, -0.25) is 0 Å². The normalized spacial score (nSPS) is 15.3. The molecule has 2 aromatic rings. The van der Waals surface area contributed by atoms with Gasteiger partial charge in [0.25, 0.3) is 0 Å². The van der Waals surface area contributed by atoms with Crippen molar-refractivity contribution in [1.29, 1.82) is 0 Å². The second-order valence-electron chi connectivity index (χ2n) is 5.13. The lowest BCUT2D eigenvalue weighted by atomic mass is 9.90. The van der Waals surface area contributed by atoms with E-state index in [1.807, 2.05) is 12.2 Å². The van der Waals surface area contributed by atoms with Crippen molar-refractivity contribution < 1.29 is 5.11 Å². The first-order chi connectivity index (χ1) is 9.33. The van der Waals surface area contributed by atoms with Crippen molar-refractivity contribution in [2.24, 2.45) is 0 Å². The zero-order chi connectivity index (χ0) is 12.8. The Labute approximate surface area is 111 Å². The highest BCUT2D eigenvalue weighted by Crippen LogP contribution is 2.16. The van der Waals surface area contributed by atoms with E-state index in [0.29, 0.717) is 5.76 Å². The third kappa shape index (κ3) is 1.55. The summed E-state index contributed by atoms with van der Waals surface area (Å²) < 4.78 is 0. The highest BCUT2D eigenvalue weighted by Gasteiger charge is 2.11. The van der Waals surface area contributed by atoms with Crippen LogP contribution in [0, 0.1) is 10.4 Å². The van der Waals surface area contributed by atoms with E-state index in [9.17, 15) is 5.11 Å². The first kappa shape index (κ1) is 10.6. The van der Waals surface area contributed by atoms with Crippen LogP contribution in [0.15, 0.2) is 48.2 Å². The fraction of sp³-hybridized carbons (Fsp3) is 0.111. The van der Waals surface area contributed by atoms with Gasteiger partial charge < -0.3 is 5.11 Å². The third-order valence-electron chi connectivity index (χ3n) is 4.06. The summed E-state index contributed by atoms with van der Waals surface area (Å²) in [4.78, 5) is 0. The zero-order valence-electron chi connectivity index (χ0n) is 10.6. The molecule has 0 aliphatic heterocycles. The van der Waals surface area contributed by atoms with Crippen LogP contribution in [0.1, 0.15) is 11.1 Å². The molecule has 0 unspecified atom stereocenters. The number of allylic oxidation sites excluding steroid dienone is 2. The van der Waals surface area contributed by atoms with Crippen LogP contribution in [0.5, 0.6) is 0 Å². The van der Waals surface area contributed by atoms with Gasteiger partial charge in [0.1, 0.15) is 5.76 Å². The molecule has 0 spiro atoms. The number of aliphatic hydroxyl groups is 1. The molecule has 0 fully saturated rings. The SMILES string of the molecule is OC1=CCc2c3c(ccc2=C1)=c1ccccc1=CC3. The Balaban J connectivity index is 2.20. The van der Waals surface area contributed by atoms with Crippen molar-refractivity contribution in [3.8, 4) is 0 Å². The summed E-state index contributed by atoms with van der Waals surface area (Å²) in [5.74, 6) is 0.382. The largest absolute Gasteiger partial charge is 0.508 e. The van der Waals surface area contributed by atoms with Crippen molar-refractivity contribution in [3.63, 3.8) is 0 Å². The second kappa shape index (κ2) is 3.86. The molecule has 0 saturated heterocycles. The molecule has 1 nitrogen and oxygen atoms in total. The highest BCUT2D eigenvalue weighted by atomic mass is 16.3. The summed E-state index contributed by atoms with van der Waals surface area (Å²) >= 11 is 0. The van der Waals surface area contributed by atoms with E-state index in [2.05, 4.69) is 42.5 Å². The fourth-order valence-electron chi connectivity index (χ4n) is 3.13. The molecule has 92 valence electrons. The summed E-state index contributed by atoms with van der Waals surface area (Å²) in [5.41, 5.74) is 2.78. The Bertz CT molecular complexity index is 917. The van der Waals surface area contributed by atoms with E-state index in [-0.39, 0.29) is 0 Å². The predicted molar refractivity (Wildman–Crippen MR) is 76.9 cm³/mol. The van der Waals surface area contributed by atoms with Crippen molar-refractivity contribution >= 4 is 12.2 Å². The molecule has 2 aliphatic carbocycles. The molecule has 0 atom stereocenters. The number of benzene rings is 2. The van der Waals surface area contributed by atoms with E-state index in [1.165, 1.54) is 26.8 Å². The summed E-state index contributed by atoms with van der Waals surface area (Å²) in [6, 6.07) is 12.9. The molecule has 4 rings (SSSR count). The number of hydrogen-bond donors (Lipinski definition) is 1. The monoisotopic (exact) mass is 246 g/mol. The molecule has 0 heterocycles. The van der Waals surface area contributed by atoms with Crippen LogP contribution in [0.2, 0.25) is 0 Å². The Morgan fingerprint density at radius 3 is 2.53 bits per heavy atom. The molecular weight excluding hydrogens is 232 g/mol. The lowest BCUT2D eigenvalue weighted by Crippen LogP contribution is -2.19. The average Bonchev–Trinajstić information content (AvgIpc) is 2.46. The maximum absolute atomic E-state index is 9.62. The first-order valence-electron chi connectivity index (χ1n) is 6.64. The predicted octanol–water partition coefficient (Wildman–Crippen LogP) is 2.09. The van der Waals surface area contributed by atoms with E-state index in [1.54, 1.807) is 0 Å². The van der Waals surface area contributed by atoms with E-state index in [4.69, 9.17) is 0 Å². The highest BCUT2D eigenvalue weighted by molar-refractivity contribution is 5.53.